The molecule has 15 heavy (non-hydrogen) atoms. The highest BCUT2D eigenvalue weighted by Gasteiger charge is 2.18. The fourth-order valence-corrected chi connectivity index (χ4v) is 1.34. The molecule has 2 nitrogen and oxygen atoms in total. The molecule has 1 aromatic rings. The van der Waals surface area contributed by atoms with E-state index in [1.807, 2.05) is 0 Å². The molecular formula is C11H12F2O2. The van der Waals surface area contributed by atoms with Crippen LogP contribution in [0.1, 0.15) is 23.7 Å². The van der Waals surface area contributed by atoms with Gasteiger partial charge in [-0.3, -0.25) is 4.79 Å². The number of ketones is 1. The number of methoxy groups -OCH3 is 1. The van der Waals surface area contributed by atoms with Crippen LogP contribution in [0.3, 0.4) is 0 Å². The Kier molecular flexibility index (Phi) is 3.91. The molecule has 1 aromatic carbocycles. The molecule has 0 saturated carbocycles. The van der Waals surface area contributed by atoms with Gasteiger partial charge in [0.05, 0.1) is 0 Å². The number of carbonyl (C=O) groups excluding carboxylic acids is 1. The second-order valence-corrected chi connectivity index (χ2v) is 3.15. The van der Waals surface area contributed by atoms with Gasteiger partial charge in [-0.25, -0.2) is 8.78 Å². The van der Waals surface area contributed by atoms with E-state index in [-0.39, 0.29) is 5.56 Å². The highest BCUT2D eigenvalue weighted by molar-refractivity contribution is 5.99. The van der Waals surface area contributed by atoms with E-state index in [0.717, 1.165) is 18.2 Å². The van der Waals surface area contributed by atoms with Crippen molar-refractivity contribution >= 4 is 5.78 Å². The number of Topliss-reactive ketones (excluding diaryl/α,β-unsaturated/α-hetero) is 1. The van der Waals surface area contributed by atoms with Crippen molar-refractivity contribution in [3.63, 3.8) is 0 Å². The molecule has 0 radical (unpaired) electrons. The van der Waals surface area contributed by atoms with Crippen molar-refractivity contribution in [1.29, 1.82) is 0 Å². The minimum absolute atomic E-state index is 0.00111. The topological polar surface area (TPSA) is 26.3 Å². The van der Waals surface area contributed by atoms with Crippen LogP contribution >= 0.6 is 0 Å². The SMILES string of the molecule is CCC(OC)C(=O)c1cc(F)cc(F)c1. The Morgan fingerprint density at radius 3 is 2.27 bits per heavy atom. The van der Waals surface area contributed by atoms with Gasteiger partial charge in [0.2, 0.25) is 0 Å². The summed E-state index contributed by atoms with van der Waals surface area (Å²) in [6.45, 7) is 1.77. The molecule has 0 fully saturated rings. The monoisotopic (exact) mass is 214 g/mol. The summed E-state index contributed by atoms with van der Waals surface area (Å²) < 4.78 is 30.6. The minimum Gasteiger partial charge on any atom is -0.373 e. The predicted octanol–water partition coefficient (Wildman–Crippen LogP) is 2.57. The second kappa shape index (κ2) is 4.98. The van der Waals surface area contributed by atoms with Gasteiger partial charge in [0, 0.05) is 18.7 Å². The largest absolute Gasteiger partial charge is 0.373 e. The number of halogens is 2. The summed E-state index contributed by atoms with van der Waals surface area (Å²) in [6.07, 6.45) is -0.181. The van der Waals surface area contributed by atoms with Crippen LogP contribution in [0.4, 0.5) is 8.78 Å². The number of hydrogen-bond donors (Lipinski definition) is 0. The fourth-order valence-electron chi connectivity index (χ4n) is 1.34. The Bertz CT molecular complexity index is 339. The van der Waals surface area contributed by atoms with Crippen molar-refractivity contribution in [1.82, 2.24) is 0 Å². The predicted molar refractivity (Wildman–Crippen MR) is 51.8 cm³/mol. The van der Waals surface area contributed by atoms with Crippen LogP contribution in [0.25, 0.3) is 0 Å². The van der Waals surface area contributed by atoms with Crippen molar-refractivity contribution in [3.05, 3.63) is 35.4 Å². The molecule has 4 heteroatoms. The zero-order chi connectivity index (χ0) is 11.4. The van der Waals surface area contributed by atoms with Crippen molar-refractivity contribution in [3.8, 4) is 0 Å². The third-order valence-corrected chi connectivity index (χ3v) is 2.09. The summed E-state index contributed by atoms with van der Waals surface area (Å²) in [5.41, 5.74) is 0.00111. The maximum absolute atomic E-state index is 12.8. The Morgan fingerprint density at radius 2 is 1.87 bits per heavy atom. The van der Waals surface area contributed by atoms with Gasteiger partial charge in [-0.2, -0.15) is 0 Å². The average Bonchev–Trinajstić information content (AvgIpc) is 2.18. The first kappa shape index (κ1) is 11.8. The first-order valence-corrected chi connectivity index (χ1v) is 4.61. The maximum Gasteiger partial charge on any atom is 0.191 e. The lowest BCUT2D eigenvalue weighted by Crippen LogP contribution is -2.22. The molecule has 0 amide bonds. The van der Waals surface area contributed by atoms with E-state index >= 15 is 0 Å². The lowest BCUT2D eigenvalue weighted by Gasteiger charge is -2.11. The van der Waals surface area contributed by atoms with E-state index in [0.29, 0.717) is 6.42 Å². The van der Waals surface area contributed by atoms with Crippen LogP contribution in [0.15, 0.2) is 18.2 Å². The molecule has 0 heterocycles. The molecule has 1 rings (SSSR count). The van der Waals surface area contributed by atoms with Crippen LogP contribution in [0.2, 0.25) is 0 Å². The number of hydrogen-bond acceptors (Lipinski definition) is 2. The molecule has 0 aromatic heterocycles. The highest BCUT2D eigenvalue weighted by atomic mass is 19.1. The fraction of sp³-hybridized carbons (Fsp3) is 0.364. The van der Waals surface area contributed by atoms with Gasteiger partial charge in [0.25, 0.3) is 0 Å². The van der Waals surface area contributed by atoms with Gasteiger partial charge in [-0.15, -0.1) is 0 Å². The molecule has 0 aliphatic rings. The minimum atomic E-state index is -0.760. The Labute approximate surface area is 86.9 Å². The molecule has 0 N–H and O–H groups in total. The normalized spacial score (nSPS) is 12.5. The summed E-state index contributed by atoms with van der Waals surface area (Å²) >= 11 is 0. The van der Waals surface area contributed by atoms with Crippen molar-refractivity contribution in [2.75, 3.05) is 7.11 Å². The Morgan fingerprint density at radius 1 is 1.33 bits per heavy atom. The van der Waals surface area contributed by atoms with Gasteiger partial charge < -0.3 is 4.74 Å². The number of ether oxygens (including phenoxy) is 1. The first-order valence-electron chi connectivity index (χ1n) is 4.61. The quantitative estimate of drug-likeness (QED) is 0.720. The second-order valence-electron chi connectivity index (χ2n) is 3.15. The third-order valence-electron chi connectivity index (χ3n) is 2.09. The average molecular weight is 214 g/mol. The summed E-state index contributed by atoms with van der Waals surface area (Å²) in [6, 6.07) is 2.74. The highest BCUT2D eigenvalue weighted by Crippen LogP contribution is 2.12. The molecule has 1 atom stereocenters. The van der Waals surface area contributed by atoms with E-state index in [9.17, 15) is 13.6 Å². The molecule has 0 aliphatic carbocycles. The zero-order valence-electron chi connectivity index (χ0n) is 8.59. The van der Waals surface area contributed by atoms with Gasteiger partial charge in [0.15, 0.2) is 5.78 Å². The maximum atomic E-state index is 12.8. The van der Waals surface area contributed by atoms with E-state index in [4.69, 9.17) is 4.74 Å². The third kappa shape index (κ3) is 2.83. The Balaban J connectivity index is 3.00. The first-order chi connectivity index (χ1) is 7.08. The number of benzene rings is 1. The molecule has 0 spiro atoms. The zero-order valence-corrected chi connectivity index (χ0v) is 8.59. The standard InChI is InChI=1S/C11H12F2O2/c1-3-10(15-2)11(14)7-4-8(12)6-9(13)5-7/h4-6,10H,3H2,1-2H3. The number of carbonyl (C=O) groups is 1. The van der Waals surface area contributed by atoms with Gasteiger partial charge in [0.1, 0.15) is 17.7 Å². The van der Waals surface area contributed by atoms with Gasteiger partial charge >= 0.3 is 0 Å². The lowest BCUT2D eigenvalue weighted by molar-refractivity contribution is 0.0595. The van der Waals surface area contributed by atoms with Crippen molar-refractivity contribution in [2.24, 2.45) is 0 Å². The van der Waals surface area contributed by atoms with E-state index in [1.54, 1.807) is 6.92 Å². The van der Waals surface area contributed by atoms with Gasteiger partial charge in [-0.05, 0) is 18.6 Å². The smallest absolute Gasteiger partial charge is 0.191 e. The van der Waals surface area contributed by atoms with Crippen LogP contribution in [0.5, 0.6) is 0 Å². The summed E-state index contributed by atoms with van der Waals surface area (Å²) in [5.74, 6) is -1.92. The molecule has 0 aliphatic heterocycles. The Hall–Kier alpha value is -1.29. The molecule has 1 unspecified atom stereocenters. The van der Waals surface area contributed by atoms with E-state index in [1.165, 1.54) is 7.11 Å². The molecule has 0 saturated heterocycles. The van der Waals surface area contributed by atoms with Gasteiger partial charge in [-0.1, -0.05) is 6.92 Å². The summed E-state index contributed by atoms with van der Waals surface area (Å²) in [5, 5.41) is 0. The van der Waals surface area contributed by atoms with Crippen molar-refractivity contribution < 1.29 is 18.3 Å². The lowest BCUT2D eigenvalue weighted by atomic mass is 10.0. The van der Waals surface area contributed by atoms with Crippen LogP contribution < -0.4 is 0 Å². The van der Waals surface area contributed by atoms with Crippen molar-refractivity contribution in [2.45, 2.75) is 19.4 Å². The van der Waals surface area contributed by atoms with Crippen LogP contribution in [0, 0.1) is 11.6 Å². The molecule has 0 bridgehead atoms. The summed E-state index contributed by atoms with van der Waals surface area (Å²) in [7, 11) is 1.39. The molecule has 82 valence electrons. The number of rotatable bonds is 4. The summed E-state index contributed by atoms with van der Waals surface area (Å²) in [4.78, 5) is 11.7. The van der Waals surface area contributed by atoms with Crippen LogP contribution in [-0.4, -0.2) is 19.0 Å². The van der Waals surface area contributed by atoms with E-state index in [2.05, 4.69) is 0 Å². The van der Waals surface area contributed by atoms with Crippen LogP contribution in [-0.2, 0) is 4.74 Å². The van der Waals surface area contributed by atoms with E-state index < -0.39 is 23.5 Å². The molecular weight excluding hydrogens is 202 g/mol.